The molecule has 0 amide bonds. The van der Waals surface area contributed by atoms with Gasteiger partial charge in [-0.05, 0) is 24.1 Å². The number of hydrogen-bond donors (Lipinski definition) is 1. The van der Waals surface area contributed by atoms with Crippen molar-refractivity contribution in [3.05, 3.63) is 29.6 Å². The first kappa shape index (κ1) is 15.8. The summed E-state index contributed by atoms with van der Waals surface area (Å²) in [6, 6.07) is 2.74. The third kappa shape index (κ3) is 4.38. The van der Waals surface area contributed by atoms with Crippen molar-refractivity contribution < 1.29 is 22.3 Å². The smallest absolute Gasteiger partial charge is 0.383 e. The second-order valence-electron chi connectivity index (χ2n) is 4.64. The van der Waals surface area contributed by atoms with E-state index in [1.807, 2.05) is 13.8 Å². The standard InChI is InChI=1S/C13H17F4NO/c1-8(2)12(7-19-3)18-9-4-5-11(14)10(6-9)13(15,16)17/h4-6,8,12,18H,7H2,1-3H3. The lowest BCUT2D eigenvalue weighted by Gasteiger charge is -2.23. The molecule has 108 valence electrons. The summed E-state index contributed by atoms with van der Waals surface area (Å²) in [6.07, 6.45) is -4.70. The fraction of sp³-hybridized carbons (Fsp3) is 0.538. The molecule has 1 unspecified atom stereocenters. The molecule has 0 aliphatic heterocycles. The van der Waals surface area contributed by atoms with Gasteiger partial charge in [-0.1, -0.05) is 13.8 Å². The van der Waals surface area contributed by atoms with E-state index >= 15 is 0 Å². The van der Waals surface area contributed by atoms with Crippen molar-refractivity contribution in [1.82, 2.24) is 0 Å². The number of hydrogen-bond acceptors (Lipinski definition) is 2. The van der Waals surface area contributed by atoms with Crippen LogP contribution in [0.1, 0.15) is 19.4 Å². The zero-order chi connectivity index (χ0) is 14.6. The van der Waals surface area contributed by atoms with Crippen molar-refractivity contribution in [2.45, 2.75) is 26.1 Å². The van der Waals surface area contributed by atoms with Gasteiger partial charge in [0.15, 0.2) is 0 Å². The Hall–Kier alpha value is -1.30. The molecule has 0 aliphatic carbocycles. The monoisotopic (exact) mass is 279 g/mol. The van der Waals surface area contributed by atoms with Crippen molar-refractivity contribution in [2.24, 2.45) is 5.92 Å². The Morgan fingerprint density at radius 3 is 2.37 bits per heavy atom. The molecule has 0 aromatic heterocycles. The van der Waals surface area contributed by atoms with Crippen LogP contribution in [-0.2, 0) is 10.9 Å². The minimum atomic E-state index is -4.70. The fourth-order valence-electron chi connectivity index (χ4n) is 1.63. The van der Waals surface area contributed by atoms with E-state index in [9.17, 15) is 17.6 Å². The molecule has 0 aliphatic rings. The second kappa shape index (κ2) is 6.23. The first-order chi connectivity index (χ1) is 8.75. The average molecular weight is 279 g/mol. The second-order valence-corrected chi connectivity index (χ2v) is 4.64. The first-order valence-electron chi connectivity index (χ1n) is 5.88. The summed E-state index contributed by atoms with van der Waals surface area (Å²) < 4.78 is 55.9. The van der Waals surface area contributed by atoms with Gasteiger partial charge in [-0.15, -0.1) is 0 Å². The molecule has 1 N–H and O–H groups in total. The predicted octanol–water partition coefficient (Wildman–Crippen LogP) is 3.93. The number of nitrogens with one attached hydrogen (secondary N) is 1. The van der Waals surface area contributed by atoms with Gasteiger partial charge in [0.2, 0.25) is 0 Å². The molecule has 0 fully saturated rings. The molecule has 1 aromatic rings. The largest absolute Gasteiger partial charge is 0.419 e. The Morgan fingerprint density at radius 1 is 1.26 bits per heavy atom. The lowest BCUT2D eigenvalue weighted by molar-refractivity contribution is -0.139. The highest BCUT2D eigenvalue weighted by molar-refractivity contribution is 5.48. The maximum Gasteiger partial charge on any atom is 0.419 e. The molecule has 0 saturated heterocycles. The number of alkyl halides is 3. The molecular weight excluding hydrogens is 262 g/mol. The number of halogens is 4. The topological polar surface area (TPSA) is 21.3 Å². The summed E-state index contributed by atoms with van der Waals surface area (Å²) in [5, 5.41) is 2.93. The first-order valence-corrected chi connectivity index (χ1v) is 5.88. The summed E-state index contributed by atoms with van der Waals surface area (Å²) in [5.74, 6) is -1.11. The highest BCUT2D eigenvalue weighted by atomic mass is 19.4. The van der Waals surface area contributed by atoms with Crippen LogP contribution in [0.5, 0.6) is 0 Å². The van der Waals surface area contributed by atoms with Crippen LogP contribution in [0.4, 0.5) is 23.2 Å². The third-order valence-electron chi connectivity index (χ3n) is 2.77. The summed E-state index contributed by atoms with van der Waals surface area (Å²) in [5.41, 5.74) is -1.04. The van der Waals surface area contributed by atoms with E-state index < -0.39 is 17.6 Å². The van der Waals surface area contributed by atoms with Crippen LogP contribution in [0.2, 0.25) is 0 Å². The Balaban J connectivity index is 2.96. The number of methoxy groups -OCH3 is 1. The number of anilines is 1. The van der Waals surface area contributed by atoms with E-state index in [-0.39, 0.29) is 17.6 Å². The van der Waals surface area contributed by atoms with Crippen LogP contribution in [0.15, 0.2) is 18.2 Å². The van der Waals surface area contributed by atoms with E-state index in [1.54, 1.807) is 0 Å². The van der Waals surface area contributed by atoms with E-state index in [2.05, 4.69) is 5.32 Å². The van der Waals surface area contributed by atoms with Gasteiger partial charge in [-0.25, -0.2) is 4.39 Å². The predicted molar refractivity (Wildman–Crippen MR) is 65.5 cm³/mol. The molecule has 0 heterocycles. The zero-order valence-corrected chi connectivity index (χ0v) is 11.0. The van der Waals surface area contributed by atoms with E-state index in [4.69, 9.17) is 4.74 Å². The minimum absolute atomic E-state index is 0.142. The molecule has 0 spiro atoms. The molecule has 1 rings (SSSR count). The fourth-order valence-corrected chi connectivity index (χ4v) is 1.63. The summed E-state index contributed by atoms with van der Waals surface area (Å²) in [4.78, 5) is 0. The van der Waals surface area contributed by atoms with Crippen molar-refractivity contribution >= 4 is 5.69 Å². The Morgan fingerprint density at radius 2 is 1.89 bits per heavy atom. The van der Waals surface area contributed by atoms with Gasteiger partial charge in [0.25, 0.3) is 0 Å². The van der Waals surface area contributed by atoms with E-state index in [0.29, 0.717) is 6.61 Å². The average Bonchev–Trinajstić information content (AvgIpc) is 2.29. The van der Waals surface area contributed by atoms with E-state index in [1.165, 1.54) is 13.2 Å². The summed E-state index contributed by atoms with van der Waals surface area (Å²) in [7, 11) is 1.52. The molecule has 0 bridgehead atoms. The summed E-state index contributed by atoms with van der Waals surface area (Å²) in [6.45, 7) is 4.20. The van der Waals surface area contributed by atoms with Gasteiger partial charge in [0.05, 0.1) is 18.2 Å². The van der Waals surface area contributed by atoms with Crippen molar-refractivity contribution in [3.63, 3.8) is 0 Å². The van der Waals surface area contributed by atoms with Gasteiger partial charge in [-0.3, -0.25) is 0 Å². The van der Waals surface area contributed by atoms with Crippen molar-refractivity contribution in [1.29, 1.82) is 0 Å². The molecule has 2 nitrogen and oxygen atoms in total. The minimum Gasteiger partial charge on any atom is -0.383 e. The van der Waals surface area contributed by atoms with Crippen LogP contribution < -0.4 is 5.32 Å². The highest BCUT2D eigenvalue weighted by Crippen LogP contribution is 2.33. The van der Waals surface area contributed by atoms with E-state index in [0.717, 1.165) is 12.1 Å². The van der Waals surface area contributed by atoms with Crippen molar-refractivity contribution in [3.8, 4) is 0 Å². The van der Waals surface area contributed by atoms with Gasteiger partial charge in [0, 0.05) is 12.8 Å². The number of rotatable bonds is 5. The van der Waals surface area contributed by atoms with Gasteiger partial charge >= 0.3 is 6.18 Å². The summed E-state index contributed by atoms with van der Waals surface area (Å²) >= 11 is 0. The molecule has 0 radical (unpaired) electrons. The van der Waals surface area contributed by atoms with Crippen LogP contribution in [-0.4, -0.2) is 19.8 Å². The van der Waals surface area contributed by atoms with Gasteiger partial charge in [-0.2, -0.15) is 13.2 Å². The molecule has 1 aromatic carbocycles. The lowest BCUT2D eigenvalue weighted by atomic mass is 10.0. The number of benzene rings is 1. The van der Waals surface area contributed by atoms with Gasteiger partial charge < -0.3 is 10.1 Å². The maximum absolute atomic E-state index is 13.1. The molecule has 1 atom stereocenters. The Kier molecular flexibility index (Phi) is 5.17. The molecular formula is C13H17F4NO. The maximum atomic E-state index is 13.1. The molecule has 19 heavy (non-hydrogen) atoms. The molecule has 6 heteroatoms. The zero-order valence-electron chi connectivity index (χ0n) is 11.0. The normalized spacial score (nSPS) is 13.7. The van der Waals surface area contributed by atoms with Gasteiger partial charge in [0.1, 0.15) is 5.82 Å². The SMILES string of the molecule is COCC(Nc1ccc(F)c(C(F)(F)F)c1)C(C)C. The lowest BCUT2D eigenvalue weighted by Crippen LogP contribution is -2.30. The van der Waals surface area contributed by atoms with Crippen LogP contribution in [0.3, 0.4) is 0 Å². The van der Waals surface area contributed by atoms with Crippen LogP contribution in [0.25, 0.3) is 0 Å². The van der Waals surface area contributed by atoms with Crippen molar-refractivity contribution in [2.75, 3.05) is 19.0 Å². The number of ether oxygens (including phenoxy) is 1. The van der Waals surface area contributed by atoms with Crippen LogP contribution in [0, 0.1) is 11.7 Å². The Labute approximate surface area is 109 Å². The quantitative estimate of drug-likeness (QED) is 0.825. The Bertz CT molecular complexity index is 418. The highest BCUT2D eigenvalue weighted by Gasteiger charge is 2.34. The van der Waals surface area contributed by atoms with Crippen LogP contribution >= 0.6 is 0 Å². The third-order valence-corrected chi connectivity index (χ3v) is 2.77. The molecule has 0 saturated carbocycles.